The Bertz CT molecular complexity index is 326. The third-order valence-electron chi connectivity index (χ3n) is 3.36. The van der Waals surface area contributed by atoms with Crippen molar-refractivity contribution < 1.29 is 0 Å². The van der Waals surface area contributed by atoms with Crippen LogP contribution < -0.4 is 15.5 Å². The Morgan fingerprint density at radius 3 is 2.65 bits per heavy atom. The zero-order valence-corrected chi connectivity index (χ0v) is 10.9. The van der Waals surface area contributed by atoms with E-state index in [-0.39, 0.29) is 0 Å². The van der Waals surface area contributed by atoms with Gasteiger partial charge < -0.3 is 15.5 Å². The molecule has 0 aliphatic carbocycles. The second-order valence-electron chi connectivity index (χ2n) is 4.95. The molecule has 1 aromatic carbocycles. The molecule has 2 rings (SSSR count). The molecule has 0 saturated carbocycles. The third kappa shape index (κ3) is 3.72. The van der Waals surface area contributed by atoms with Crippen molar-refractivity contribution in [3.63, 3.8) is 0 Å². The van der Waals surface area contributed by atoms with Gasteiger partial charge in [0.1, 0.15) is 0 Å². The van der Waals surface area contributed by atoms with Crippen LogP contribution in [-0.2, 0) is 6.42 Å². The highest BCUT2D eigenvalue weighted by Crippen LogP contribution is 2.12. The van der Waals surface area contributed by atoms with E-state index in [1.165, 1.54) is 17.7 Å². The largest absolute Gasteiger partial charge is 0.378 e. The Morgan fingerprint density at radius 2 is 2.06 bits per heavy atom. The summed E-state index contributed by atoms with van der Waals surface area (Å²) in [5.74, 6) is 0. The predicted octanol–water partition coefficient (Wildman–Crippen LogP) is 1.25. The fourth-order valence-corrected chi connectivity index (χ4v) is 2.21. The topological polar surface area (TPSA) is 27.3 Å². The van der Waals surface area contributed by atoms with Gasteiger partial charge in [-0.2, -0.15) is 0 Å². The van der Waals surface area contributed by atoms with Crippen LogP contribution in [-0.4, -0.2) is 39.8 Å². The van der Waals surface area contributed by atoms with E-state index in [2.05, 4.69) is 53.9 Å². The summed E-state index contributed by atoms with van der Waals surface area (Å²) in [4.78, 5) is 2.13. The summed E-state index contributed by atoms with van der Waals surface area (Å²) in [7, 11) is 4.15. The minimum absolute atomic E-state index is 0.677. The molecule has 0 aromatic heterocycles. The van der Waals surface area contributed by atoms with Crippen molar-refractivity contribution in [2.24, 2.45) is 0 Å². The first-order chi connectivity index (χ1) is 8.25. The van der Waals surface area contributed by atoms with Gasteiger partial charge in [-0.3, -0.25) is 0 Å². The first-order valence-electron chi connectivity index (χ1n) is 6.46. The molecule has 1 aliphatic rings. The average molecular weight is 233 g/mol. The van der Waals surface area contributed by atoms with Gasteiger partial charge in [-0.05, 0) is 43.6 Å². The number of nitrogens with one attached hydrogen (secondary N) is 2. The minimum Gasteiger partial charge on any atom is -0.378 e. The molecule has 1 fully saturated rings. The quantitative estimate of drug-likeness (QED) is 0.801. The van der Waals surface area contributed by atoms with Gasteiger partial charge in [-0.15, -0.1) is 0 Å². The summed E-state index contributed by atoms with van der Waals surface area (Å²) in [6, 6.07) is 9.50. The van der Waals surface area contributed by atoms with Crippen molar-refractivity contribution in [2.75, 3.05) is 38.6 Å². The monoisotopic (exact) mass is 233 g/mol. The Kier molecular flexibility index (Phi) is 4.40. The van der Waals surface area contributed by atoms with E-state index in [1.54, 1.807) is 0 Å². The molecule has 17 heavy (non-hydrogen) atoms. The van der Waals surface area contributed by atoms with Crippen LogP contribution in [0.1, 0.15) is 12.0 Å². The number of benzene rings is 1. The fourth-order valence-electron chi connectivity index (χ4n) is 2.21. The van der Waals surface area contributed by atoms with E-state index in [0.717, 1.165) is 26.1 Å². The number of nitrogens with zero attached hydrogens (tertiary/aromatic N) is 1. The van der Waals surface area contributed by atoms with Crippen molar-refractivity contribution in [1.82, 2.24) is 10.6 Å². The van der Waals surface area contributed by atoms with E-state index < -0.39 is 0 Å². The van der Waals surface area contributed by atoms with Crippen LogP contribution in [0.3, 0.4) is 0 Å². The highest BCUT2D eigenvalue weighted by atomic mass is 15.1. The summed E-state index contributed by atoms with van der Waals surface area (Å²) in [5, 5.41) is 6.97. The zero-order valence-electron chi connectivity index (χ0n) is 10.9. The van der Waals surface area contributed by atoms with Crippen LogP contribution in [0.25, 0.3) is 0 Å². The Morgan fingerprint density at radius 1 is 1.29 bits per heavy atom. The molecular formula is C14H23N3. The van der Waals surface area contributed by atoms with Gasteiger partial charge in [-0.25, -0.2) is 0 Å². The molecule has 0 unspecified atom stereocenters. The van der Waals surface area contributed by atoms with Gasteiger partial charge in [0.2, 0.25) is 0 Å². The normalized spacial score (nSPS) is 19.5. The van der Waals surface area contributed by atoms with Crippen LogP contribution in [0.15, 0.2) is 24.3 Å². The lowest BCUT2D eigenvalue weighted by Gasteiger charge is -2.13. The second kappa shape index (κ2) is 6.03. The van der Waals surface area contributed by atoms with Gasteiger partial charge in [0.05, 0.1) is 0 Å². The van der Waals surface area contributed by atoms with E-state index in [0.29, 0.717) is 6.04 Å². The summed E-state index contributed by atoms with van der Waals surface area (Å²) in [5.41, 5.74) is 2.68. The molecule has 1 aromatic rings. The lowest BCUT2D eigenvalue weighted by Crippen LogP contribution is -2.32. The summed E-state index contributed by atoms with van der Waals surface area (Å²) in [6.45, 7) is 3.36. The van der Waals surface area contributed by atoms with E-state index >= 15 is 0 Å². The first kappa shape index (κ1) is 12.4. The van der Waals surface area contributed by atoms with Gasteiger partial charge in [0.15, 0.2) is 0 Å². The average Bonchev–Trinajstić information content (AvgIpc) is 2.83. The third-order valence-corrected chi connectivity index (χ3v) is 3.36. The van der Waals surface area contributed by atoms with E-state index in [9.17, 15) is 0 Å². The SMILES string of the molecule is CN(C)c1ccc(CCN[C@H]2CCNC2)cc1. The van der Waals surface area contributed by atoms with E-state index in [4.69, 9.17) is 0 Å². The molecule has 1 saturated heterocycles. The summed E-state index contributed by atoms with van der Waals surface area (Å²) in [6.07, 6.45) is 2.38. The number of anilines is 1. The number of hydrogen-bond acceptors (Lipinski definition) is 3. The Balaban J connectivity index is 1.74. The lowest BCUT2D eigenvalue weighted by atomic mass is 10.1. The van der Waals surface area contributed by atoms with Crippen LogP contribution in [0.2, 0.25) is 0 Å². The molecule has 94 valence electrons. The molecule has 3 nitrogen and oxygen atoms in total. The molecule has 0 radical (unpaired) electrons. The van der Waals surface area contributed by atoms with Crippen molar-refractivity contribution in [2.45, 2.75) is 18.9 Å². The van der Waals surface area contributed by atoms with Crippen molar-refractivity contribution in [1.29, 1.82) is 0 Å². The van der Waals surface area contributed by atoms with Crippen LogP contribution in [0.5, 0.6) is 0 Å². The van der Waals surface area contributed by atoms with Crippen molar-refractivity contribution in [3.05, 3.63) is 29.8 Å². The highest BCUT2D eigenvalue weighted by molar-refractivity contribution is 5.46. The molecule has 0 spiro atoms. The minimum atomic E-state index is 0.677. The highest BCUT2D eigenvalue weighted by Gasteiger charge is 2.12. The second-order valence-corrected chi connectivity index (χ2v) is 4.95. The van der Waals surface area contributed by atoms with Crippen LogP contribution >= 0.6 is 0 Å². The van der Waals surface area contributed by atoms with Crippen molar-refractivity contribution >= 4 is 5.69 Å². The molecular weight excluding hydrogens is 210 g/mol. The van der Waals surface area contributed by atoms with Gasteiger partial charge >= 0.3 is 0 Å². The molecule has 0 amide bonds. The number of rotatable bonds is 5. The molecule has 0 bridgehead atoms. The zero-order chi connectivity index (χ0) is 12.1. The maximum Gasteiger partial charge on any atom is 0.0361 e. The predicted molar refractivity (Wildman–Crippen MR) is 73.8 cm³/mol. The maximum absolute atomic E-state index is 3.59. The smallest absolute Gasteiger partial charge is 0.0361 e. The molecule has 2 N–H and O–H groups in total. The van der Waals surface area contributed by atoms with E-state index in [1.807, 2.05) is 0 Å². The first-order valence-corrected chi connectivity index (χ1v) is 6.46. The van der Waals surface area contributed by atoms with Crippen LogP contribution in [0.4, 0.5) is 5.69 Å². The molecule has 1 heterocycles. The van der Waals surface area contributed by atoms with Gasteiger partial charge in [-0.1, -0.05) is 12.1 Å². The molecule has 1 aliphatic heterocycles. The van der Waals surface area contributed by atoms with Gasteiger partial charge in [0.25, 0.3) is 0 Å². The Labute approximate surface area is 104 Å². The maximum atomic E-state index is 3.59. The fraction of sp³-hybridized carbons (Fsp3) is 0.571. The molecule has 1 atom stereocenters. The Hall–Kier alpha value is -1.06. The summed E-state index contributed by atoms with van der Waals surface area (Å²) >= 11 is 0. The van der Waals surface area contributed by atoms with Crippen LogP contribution in [0, 0.1) is 0 Å². The molecule has 3 heteroatoms. The summed E-state index contributed by atoms with van der Waals surface area (Å²) < 4.78 is 0. The standard InChI is InChI=1S/C14H23N3/c1-17(2)14-5-3-12(4-6-14)7-10-16-13-8-9-15-11-13/h3-6,13,15-16H,7-11H2,1-2H3/t13-/m0/s1. The number of hydrogen-bond donors (Lipinski definition) is 2. The van der Waals surface area contributed by atoms with Crippen molar-refractivity contribution in [3.8, 4) is 0 Å². The lowest BCUT2D eigenvalue weighted by molar-refractivity contribution is 0.550. The van der Waals surface area contributed by atoms with Gasteiger partial charge in [0, 0.05) is 32.4 Å².